The van der Waals surface area contributed by atoms with Crippen molar-refractivity contribution in [2.75, 3.05) is 19.3 Å². The summed E-state index contributed by atoms with van der Waals surface area (Å²) in [5, 5.41) is 8.82. The van der Waals surface area contributed by atoms with Crippen LogP contribution in [0.5, 0.6) is 0 Å². The Morgan fingerprint density at radius 3 is 2.69 bits per heavy atom. The Bertz CT molecular complexity index is 264. The van der Waals surface area contributed by atoms with E-state index >= 15 is 0 Å². The molecule has 0 aromatic heterocycles. The van der Waals surface area contributed by atoms with Gasteiger partial charge < -0.3 is 10.0 Å². The number of aliphatic carboxylic acids is 1. The molecule has 5 heteroatoms. The van der Waals surface area contributed by atoms with Gasteiger partial charge in [-0.05, 0) is 18.6 Å². The van der Waals surface area contributed by atoms with Crippen LogP contribution in [0.1, 0.15) is 26.2 Å². The molecule has 0 spiro atoms. The predicted octanol–water partition coefficient (Wildman–Crippen LogP) is 1.45. The molecule has 1 heterocycles. The zero-order chi connectivity index (χ0) is 12.1. The molecule has 1 aliphatic rings. The van der Waals surface area contributed by atoms with Crippen molar-refractivity contribution in [2.24, 2.45) is 5.92 Å². The summed E-state index contributed by atoms with van der Waals surface area (Å²) in [6, 6.07) is 0. The van der Waals surface area contributed by atoms with E-state index in [0.29, 0.717) is 6.54 Å². The van der Waals surface area contributed by atoms with Crippen molar-refractivity contribution in [3.8, 4) is 0 Å². The third-order valence-electron chi connectivity index (χ3n) is 2.80. The fourth-order valence-corrected chi connectivity index (χ4v) is 3.07. The minimum atomic E-state index is -0.851. The average Bonchev–Trinajstić information content (AvgIpc) is 2.28. The average molecular weight is 245 g/mol. The second-order valence-electron chi connectivity index (χ2n) is 4.31. The largest absolute Gasteiger partial charge is 0.481 e. The number of carbonyl (C=O) groups is 2. The molecule has 4 nitrogen and oxygen atoms in total. The van der Waals surface area contributed by atoms with E-state index in [2.05, 4.69) is 0 Å². The van der Waals surface area contributed by atoms with Gasteiger partial charge in [0.25, 0.3) is 0 Å². The summed E-state index contributed by atoms with van der Waals surface area (Å²) >= 11 is 1.70. The summed E-state index contributed by atoms with van der Waals surface area (Å²) in [5.41, 5.74) is 0. The van der Waals surface area contributed by atoms with Gasteiger partial charge in [-0.25, -0.2) is 0 Å². The zero-order valence-electron chi connectivity index (χ0n) is 9.81. The summed E-state index contributed by atoms with van der Waals surface area (Å²) in [5.74, 6) is -0.227. The summed E-state index contributed by atoms with van der Waals surface area (Å²) in [6.45, 7) is 1.92. The second kappa shape index (κ2) is 6.13. The third-order valence-corrected chi connectivity index (χ3v) is 4.16. The fraction of sp³-hybridized carbons (Fsp3) is 0.818. The minimum Gasteiger partial charge on any atom is -0.481 e. The van der Waals surface area contributed by atoms with Crippen molar-refractivity contribution in [2.45, 2.75) is 31.4 Å². The molecular formula is C11H19NO3S. The first-order chi connectivity index (χ1) is 7.52. The Hall–Kier alpha value is -0.710. The van der Waals surface area contributed by atoms with Crippen LogP contribution in [0.4, 0.5) is 0 Å². The molecule has 1 N–H and O–H groups in total. The first kappa shape index (κ1) is 13.4. The molecular weight excluding hydrogens is 226 g/mol. The second-order valence-corrected chi connectivity index (χ2v) is 5.62. The van der Waals surface area contributed by atoms with Crippen LogP contribution in [-0.2, 0) is 9.59 Å². The molecule has 0 aliphatic carbocycles. The maximum atomic E-state index is 12.0. The number of hydrogen-bond donors (Lipinski definition) is 1. The Morgan fingerprint density at radius 2 is 2.19 bits per heavy atom. The normalized spacial score (nSPS) is 22.5. The van der Waals surface area contributed by atoms with Crippen molar-refractivity contribution in [1.29, 1.82) is 0 Å². The van der Waals surface area contributed by atoms with Crippen molar-refractivity contribution < 1.29 is 14.7 Å². The van der Waals surface area contributed by atoms with Crippen LogP contribution in [0.25, 0.3) is 0 Å². The topological polar surface area (TPSA) is 57.6 Å². The van der Waals surface area contributed by atoms with Crippen LogP contribution < -0.4 is 0 Å². The third kappa shape index (κ3) is 3.70. The summed E-state index contributed by atoms with van der Waals surface area (Å²) in [4.78, 5) is 24.2. The highest BCUT2D eigenvalue weighted by atomic mass is 32.2. The van der Waals surface area contributed by atoms with Gasteiger partial charge in [0.1, 0.15) is 0 Å². The van der Waals surface area contributed by atoms with Gasteiger partial charge in [-0.15, -0.1) is 11.8 Å². The van der Waals surface area contributed by atoms with E-state index in [0.717, 1.165) is 18.6 Å². The summed E-state index contributed by atoms with van der Waals surface area (Å²) in [7, 11) is 1.69. The van der Waals surface area contributed by atoms with Crippen LogP contribution in [0.3, 0.4) is 0 Å². The molecule has 0 saturated carbocycles. The van der Waals surface area contributed by atoms with Crippen LogP contribution in [0.15, 0.2) is 0 Å². The SMILES string of the molecule is CC(CN(C)C(=O)C1CCCCS1)C(=O)O. The monoisotopic (exact) mass is 245 g/mol. The van der Waals surface area contributed by atoms with Gasteiger partial charge in [0.05, 0.1) is 11.2 Å². The summed E-state index contributed by atoms with van der Waals surface area (Å²) < 4.78 is 0. The van der Waals surface area contributed by atoms with E-state index in [4.69, 9.17) is 5.11 Å². The highest BCUT2D eigenvalue weighted by Gasteiger charge is 2.26. The van der Waals surface area contributed by atoms with E-state index in [1.54, 1.807) is 30.6 Å². The Labute approximate surface area is 100 Å². The quantitative estimate of drug-likeness (QED) is 0.814. The fourth-order valence-electron chi connectivity index (χ4n) is 1.76. The van der Waals surface area contributed by atoms with Gasteiger partial charge in [0.15, 0.2) is 0 Å². The molecule has 0 radical (unpaired) electrons. The molecule has 16 heavy (non-hydrogen) atoms. The lowest BCUT2D eigenvalue weighted by molar-refractivity contribution is -0.142. The molecule has 1 fully saturated rings. The van der Waals surface area contributed by atoms with E-state index in [1.165, 1.54) is 6.42 Å². The predicted molar refractivity (Wildman–Crippen MR) is 64.5 cm³/mol. The van der Waals surface area contributed by atoms with Gasteiger partial charge in [0.2, 0.25) is 5.91 Å². The first-order valence-corrected chi connectivity index (χ1v) is 6.66. The zero-order valence-corrected chi connectivity index (χ0v) is 10.6. The highest BCUT2D eigenvalue weighted by molar-refractivity contribution is 8.00. The van der Waals surface area contributed by atoms with Gasteiger partial charge in [0, 0.05) is 13.6 Å². The number of carboxylic acids is 1. The van der Waals surface area contributed by atoms with Crippen LogP contribution >= 0.6 is 11.8 Å². The van der Waals surface area contributed by atoms with Gasteiger partial charge in [-0.3, -0.25) is 9.59 Å². The van der Waals surface area contributed by atoms with E-state index in [-0.39, 0.29) is 11.2 Å². The molecule has 0 aromatic carbocycles. The Balaban J connectivity index is 2.43. The highest BCUT2D eigenvalue weighted by Crippen LogP contribution is 2.26. The van der Waals surface area contributed by atoms with Gasteiger partial charge >= 0.3 is 5.97 Å². The molecule has 2 unspecified atom stereocenters. The smallest absolute Gasteiger partial charge is 0.308 e. The number of nitrogens with zero attached hydrogens (tertiary/aromatic N) is 1. The van der Waals surface area contributed by atoms with Crippen LogP contribution in [-0.4, -0.2) is 46.5 Å². The van der Waals surface area contributed by atoms with E-state index in [9.17, 15) is 9.59 Å². The van der Waals surface area contributed by atoms with Gasteiger partial charge in [-0.1, -0.05) is 13.3 Å². The lowest BCUT2D eigenvalue weighted by Gasteiger charge is -2.27. The number of amides is 1. The van der Waals surface area contributed by atoms with Crippen molar-refractivity contribution in [3.63, 3.8) is 0 Å². The number of carbonyl (C=O) groups excluding carboxylic acids is 1. The number of rotatable bonds is 4. The van der Waals surface area contributed by atoms with Crippen molar-refractivity contribution in [3.05, 3.63) is 0 Å². The lowest BCUT2D eigenvalue weighted by Crippen LogP contribution is -2.39. The number of thioether (sulfide) groups is 1. The van der Waals surface area contributed by atoms with Gasteiger partial charge in [-0.2, -0.15) is 0 Å². The molecule has 1 amide bonds. The Kier molecular flexibility index (Phi) is 5.12. The molecule has 92 valence electrons. The summed E-state index contributed by atoms with van der Waals surface area (Å²) in [6.07, 6.45) is 3.21. The molecule has 1 saturated heterocycles. The van der Waals surface area contributed by atoms with E-state index < -0.39 is 11.9 Å². The number of hydrogen-bond acceptors (Lipinski definition) is 3. The molecule has 2 atom stereocenters. The molecule has 0 aromatic rings. The number of carboxylic acid groups (broad SMARTS) is 1. The first-order valence-electron chi connectivity index (χ1n) is 5.61. The van der Waals surface area contributed by atoms with E-state index in [1.807, 2.05) is 0 Å². The lowest BCUT2D eigenvalue weighted by atomic mass is 10.1. The molecule has 0 bridgehead atoms. The molecule has 1 aliphatic heterocycles. The Morgan fingerprint density at radius 1 is 1.50 bits per heavy atom. The standard InChI is InChI=1S/C11H19NO3S/c1-8(11(14)15)7-12(2)10(13)9-5-3-4-6-16-9/h8-9H,3-7H2,1-2H3,(H,14,15). The maximum Gasteiger partial charge on any atom is 0.308 e. The van der Waals surface area contributed by atoms with Crippen LogP contribution in [0, 0.1) is 5.92 Å². The maximum absolute atomic E-state index is 12.0. The van der Waals surface area contributed by atoms with Crippen molar-refractivity contribution >= 4 is 23.6 Å². The molecule has 1 rings (SSSR count). The minimum absolute atomic E-state index is 0.0414. The van der Waals surface area contributed by atoms with Crippen LogP contribution in [0.2, 0.25) is 0 Å². The van der Waals surface area contributed by atoms with Crippen molar-refractivity contribution in [1.82, 2.24) is 4.90 Å².